The molecule has 1 aromatic carbocycles. The van der Waals surface area contributed by atoms with Crippen molar-refractivity contribution in [1.29, 1.82) is 0 Å². The predicted molar refractivity (Wildman–Crippen MR) is 54.1 cm³/mol. The van der Waals surface area contributed by atoms with E-state index in [0.29, 0.717) is 23.5 Å². The van der Waals surface area contributed by atoms with Crippen molar-refractivity contribution in [2.45, 2.75) is 0 Å². The van der Waals surface area contributed by atoms with Gasteiger partial charge in [0, 0.05) is 4.47 Å². The summed E-state index contributed by atoms with van der Waals surface area (Å²) in [6.45, 7) is 0. The lowest BCUT2D eigenvalue weighted by molar-refractivity contribution is 0.0599. The van der Waals surface area contributed by atoms with Crippen LogP contribution in [0.3, 0.4) is 0 Å². The molecule has 0 saturated carbocycles. The summed E-state index contributed by atoms with van der Waals surface area (Å²) in [4.78, 5) is 11.2. The highest BCUT2D eigenvalue weighted by molar-refractivity contribution is 9.10. The zero-order valence-corrected chi connectivity index (χ0v) is 8.95. The lowest BCUT2D eigenvalue weighted by atomic mass is 10.2. The van der Waals surface area contributed by atoms with Crippen LogP contribution in [0.2, 0.25) is 0 Å². The van der Waals surface area contributed by atoms with Gasteiger partial charge in [0.25, 0.3) is 0 Å². The van der Waals surface area contributed by atoms with Crippen molar-refractivity contribution in [2.75, 3.05) is 7.11 Å². The van der Waals surface area contributed by atoms with Crippen LogP contribution >= 0.6 is 15.9 Å². The fourth-order valence-corrected chi connectivity index (χ4v) is 1.43. The zero-order chi connectivity index (χ0) is 10.6. The quantitative estimate of drug-likeness (QED) is 0.652. The third-order valence-electron chi connectivity index (χ3n) is 1.53. The second-order valence-corrected chi connectivity index (χ2v) is 3.21. The first-order valence-corrected chi connectivity index (χ1v) is 4.48. The van der Waals surface area contributed by atoms with E-state index >= 15 is 0 Å². The molecule has 1 aromatic rings. The van der Waals surface area contributed by atoms with Gasteiger partial charge in [-0.05, 0) is 34.1 Å². The molecule has 6 heteroatoms. The Balaban J connectivity index is 2.95. The molecule has 73 valence electrons. The average molecular weight is 258 g/mol. The summed E-state index contributed by atoms with van der Waals surface area (Å²) in [6.07, 6.45) is 0. The first-order valence-electron chi connectivity index (χ1n) is 3.69. The van der Waals surface area contributed by atoms with Gasteiger partial charge in [-0.15, -0.1) is 0 Å². The van der Waals surface area contributed by atoms with Crippen LogP contribution in [0.25, 0.3) is 0 Å². The average Bonchev–Trinajstić information content (AvgIpc) is 2.17. The first kappa shape index (κ1) is 11.1. The fourth-order valence-electron chi connectivity index (χ4n) is 0.905. The van der Waals surface area contributed by atoms with Crippen molar-refractivity contribution in [3.8, 4) is 5.75 Å². The van der Waals surface area contributed by atoms with Gasteiger partial charge in [0.1, 0.15) is 5.75 Å². The minimum atomic E-state index is -0.434. The van der Waals surface area contributed by atoms with E-state index < -0.39 is 5.97 Å². The van der Waals surface area contributed by atoms with Gasteiger partial charge in [0.2, 0.25) is 0 Å². The summed E-state index contributed by atoms with van der Waals surface area (Å²) in [6, 6.07) is 4.64. The summed E-state index contributed by atoms with van der Waals surface area (Å²) < 4.78 is 9.80. The molecular weight excluding hydrogens is 251 g/mol. The van der Waals surface area contributed by atoms with Gasteiger partial charge in [0.05, 0.1) is 12.7 Å². The van der Waals surface area contributed by atoms with Gasteiger partial charge < -0.3 is 14.4 Å². The standard InChI is InChI=1S/C8H7BBrO4/c1-13-8(11)6-3-2-5(14-9-12)4-7(6)10/h2-4,12H,1H3. The summed E-state index contributed by atoms with van der Waals surface area (Å²) in [5.41, 5.74) is 0.401. The van der Waals surface area contributed by atoms with Crippen LogP contribution in [-0.2, 0) is 4.74 Å². The Labute approximate surface area is 90.3 Å². The number of carbonyl (C=O) groups is 1. The van der Waals surface area contributed by atoms with Crippen molar-refractivity contribution in [2.24, 2.45) is 0 Å². The maximum Gasteiger partial charge on any atom is 0.569 e. The van der Waals surface area contributed by atoms with E-state index in [-0.39, 0.29) is 0 Å². The Morgan fingerprint density at radius 2 is 2.29 bits per heavy atom. The molecule has 14 heavy (non-hydrogen) atoms. The molecule has 0 spiro atoms. The number of hydrogen-bond donors (Lipinski definition) is 1. The van der Waals surface area contributed by atoms with E-state index in [2.05, 4.69) is 20.7 Å². The van der Waals surface area contributed by atoms with Crippen LogP contribution in [0.4, 0.5) is 0 Å². The molecule has 0 atom stereocenters. The van der Waals surface area contributed by atoms with Gasteiger partial charge in [-0.1, -0.05) is 0 Å². The maximum absolute atomic E-state index is 11.2. The molecule has 0 saturated heterocycles. The fraction of sp³-hybridized carbons (Fsp3) is 0.125. The minimum absolute atomic E-state index is 0.401. The molecule has 0 aliphatic carbocycles. The Kier molecular flexibility index (Phi) is 3.97. The lowest BCUT2D eigenvalue weighted by Crippen LogP contribution is -2.04. The summed E-state index contributed by atoms with van der Waals surface area (Å²) in [5.74, 6) is -0.0107. The van der Waals surface area contributed by atoms with E-state index in [0.717, 1.165) is 0 Å². The van der Waals surface area contributed by atoms with Crippen LogP contribution in [0.15, 0.2) is 22.7 Å². The number of methoxy groups -OCH3 is 1. The molecule has 0 heterocycles. The van der Waals surface area contributed by atoms with E-state index in [1.54, 1.807) is 12.1 Å². The van der Waals surface area contributed by atoms with Crippen molar-refractivity contribution < 1.29 is 19.2 Å². The van der Waals surface area contributed by atoms with Crippen molar-refractivity contribution in [3.63, 3.8) is 0 Å². The molecule has 0 amide bonds. The highest BCUT2D eigenvalue weighted by Gasteiger charge is 2.10. The van der Waals surface area contributed by atoms with E-state index in [9.17, 15) is 4.79 Å². The Bertz CT molecular complexity index is 342. The largest absolute Gasteiger partial charge is 0.569 e. The van der Waals surface area contributed by atoms with E-state index in [1.165, 1.54) is 13.2 Å². The lowest BCUT2D eigenvalue weighted by Gasteiger charge is -2.05. The smallest absolute Gasteiger partial charge is 0.537 e. The van der Waals surface area contributed by atoms with Crippen molar-refractivity contribution in [1.82, 2.24) is 0 Å². The first-order chi connectivity index (χ1) is 6.69. The SMILES string of the molecule is COC(=O)c1ccc(O[B]O)cc1Br. The third kappa shape index (κ3) is 2.49. The normalized spacial score (nSPS) is 9.36. The van der Waals surface area contributed by atoms with Gasteiger partial charge >= 0.3 is 13.7 Å². The molecule has 0 aliphatic heterocycles. The van der Waals surface area contributed by atoms with Gasteiger partial charge in [-0.3, -0.25) is 0 Å². The highest BCUT2D eigenvalue weighted by Crippen LogP contribution is 2.23. The summed E-state index contributed by atoms with van der Waals surface area (Å²) in [7, 11) is 1.88. The number of hydrogen-bond acceptors (Lipinski definition) is 4. The van der Waals surface area contributed by atoms with Crippen LogP contribution in [-0.4, -0.2) is 25.8 Å². The number of rotatable bonds is 3. The second kappa shape index (κ2) is 5.02. The number of halogens is 1. The number of ether oxygens (including phenoxy) is 1. The molecular formula is C8H7BBrO4. The van der Waals surface area contributed by atoms with Crippen LogP contribution in [0.1, 0.15) is 10.4 Å². The molecule has 0 bridgehead atoms. The summed E-state index contributed by atoms with van der Waals surface area (Å²) in [5, 5.41) is 8.38. The van der Waals surface area contributed by atoms with Crippen LogP contribution in [0.5, 0.6) is 5.75 Å². The predicted octanol–water partition coefficient (Wildman–Crippen LogP) is 1.14. The Hall–Kier alpha value is -1.01. The third-order valence-corrected chi connectivity index (χ3v) is 2.19. The molecule has 1 radical (unpaired) electrons. The van der Waals surface area contributed by atoms with Crippen molar-refractivity contribution >= 4 is 29.6 Å². The molecule has 1 rings (SSSR count). The Morgan fingerprint density at radius 1 is 1.57 bits per heavy atom. The molecule has 0 fully saturated rings. The maximum atomic E-state index is 11.2. The zero-order valence-electron chi connectivity index (χ0n) is 7.36. The highest BCUT2D eigenvalue weighted by atomic mass is 79.9. The Morgan fingerprint density at radius 3 is 2.79 bits per heavy atom. The van der Waals surface area contributed by atoms with Crippen molar-refractivity contribution in [3.05, 3.63) is 28.2 Å². The molecule has 0 aliphatic rings. The summed E-state index contributed by atoms with van der Waals surface area (Å²) >= 11 is 3.18. The number of benzene rings is 1. The molecule has 1 N–H and O–H groups in total. The van der Waals surface area contributed by atoms with E-state index in [4.69, 9.17) is 9.68 Å². The van der Waals surface area contributed by atoms with Gasteiger partial charge in [0.15, 0.2) is 0 Å². The van der Waals surface area contributed by atoms with E-state index in [1.807, 2.05) is 0 Å². The number of esters is 1. The van der Waals surface area contributed by atoms with Gasteiger partial charge in [-0.25, -0.2) is 4.79 Å². The molecule has 0 aromatic heterocycles. The molecule has 0 unspecified atom stereocenters. The van der Waals surface area contributed by atoms with Gasteiger partial charge in [-0.2, -0.15) is 0 Å². The topological polar surface area (TPSA) is 55.8 Å². The second-order valence-electron chi connectivity index (χ2n) is 2.36. The molecule has 4 nitrogen and oxygen atoms in total. The van der Waals surface area contributed by atoms with Crippen LogP contribution in [0, 0.1) is 0 Å². The minimum Gasteiger partial charge on any atom is -0.537 e. The van der Waals surface area contributed by atoms with Crippen LogP contribution < -0.4 is 4.65 Å². The number of carbonyl (C=O) groups excluding carboxylic acids is 1. The monoisotopic (exact) mass is 257 g/mol.